The smallest absolute Gasteiger partial charge is 0.191 e. The number of nitrogens with zero attached hydrogens (tertiary/aromatic N) is 1. The first kappa shape index (κ1) is 20.0. The molecule has 0 aliphatic carbocycles. The highest BCUT2D eigenvalue weighted by molar-refractivity contribution is 8.00. The molecule has 1 aliphatic heterocycles. The molecule has 2 rings (SSSR count). The van der Waals surface area contributed by atoms with Gasteiger partial charge >= 0.3 is 0 Å². The summed E-state index contributed by atoms with van der Waals surface area (Å²) in [7, 11) is 1.71. The Hall–Kier alpha value is -1.34. The first-order valence-corrected chi connectivity index (χ1v) is 9.62. The molecule has 1 aromatic carbocycles. The largest absolute Gasteiger partial charge is 0.381 e. The first-order chi connectivity index (χ1) is 12.0. The lowest BCUT2D eigenvalue weighted by Crippen LogP contribution is -2.48. The van der Waals surface area contributed by atoms with E-state index < -0.39 is 11.6 Å². The van der Waals surface area contributed by atoms with Gasteiger partial charge in [0.05, 0.1) is 6.04 Å². The second-order valence-corrected chi connectivity index (χ2v) is 7.93. The summed E-state index contributed by atoms with van der Waals surface area (Å²) in [5.74, 6) is 0.0322. The summed E-state index contributed by atoms with van der Waals surface area (Å²) >= 11 is 1.95. The lowest BCUT2D eigenvalue weighted by Gasteiger charge is -2.37. The van der Waals surface area contributed by atoms with Crippen LogP contribution in [0.4, 0.5) is 8.78 Å². The van der Waals surface area contributed by atoms with Crippen LogP contribution in [0.3, 0.4) is 0 Å². The molecule has 1 atom stereocenters. The van der Waals surface area contributed by atoms with Crippen molar-refractivity contribution in [3.63, 3.8) is 0 Å². The summed E-state index contributed by atoms with van der Waals surface area (Å²) in [5.41, 5.74) is 0.672. The fourth-order valence-corrected chi connectivity index (χ4v) is 4.17. The molecule has 4 nitrogen and oxygen atoms in total. The molecule has 7 heteroatoms. The number of guanidine groups is 1. The molecule has 2 N–H and O–H groups in total. The summed E-state index contributed by atoms with van der Waals surface area (Å²) in [6.45, 7) is 6.42. The Bertz CT molecular complexity index is 586. The van der Waals surface area contributed by atoms with Crippen molar-refractivity contribution in [2.24, 2.45) is 4.99 Å². The van der Waals surface area contributed by atoms with Gasteiger partial charge in [-0.1, -0.05) is 13.0 Å². The molecule has 0 bridgehead atoms. The van der Waals surface area contributed by atoms with E-state index in [0.717, 1.165) is 44.4 Å². The van der Waals surface area contributed by atoms with Gasteiger partial charge in [0.1, 0.15) is 0 Å². The molecule has 1 fully saturated rings. The minimum absolute atomic E-state index is 0.149. The van der Waals surface area contributed by atoms with Crippen LogP contribution in [0.15, 0.2) is 23.2 Å². The van der Waals surface area contributed by atoms with Crippen LogP contribution < -0.4 is 10.6 Å². The molecular weight excluding hydrogens is 344 g/mol. The van der Waals surface area contributed by atoms with Crippen molar-refractivity contribution in [2.75, 3.05) is 32.6 Å². The molecule has 0 saturated carbocycles. The topological polar surface area (TPSA) is 45.7 Å². The monoisotopic (exact) mass is 371 g/mol. The van der Waals surface area contributed by atoms with Gasteiger partial charge < -0.3 is 15.4 Å². The number of nitrogens with one attached hydrogen (secondary N) is 2. The molecule has 25 heavy (non-hydrogen) atoms. The van der Waals surface area contributed by atoms with E-state index in [1.165, 1.54) is 6.07 Å². The number of halogens is 2. The summed E-state index contributed by atoms with van der Waals surface area (Å²) in [6.07, 6.45) is 2.02. The minimum atomic E-state index is -0.838. The maximum Gasteiger partial charge on any atom is 0.191 e. The van der Waals surface area contributed by atoms with Crippen LogP contribution in [0, 0.1) is 11.6 Å². The van der Waals surface area contributed by atoms with Gasteiger partial charge in [-0.2, -0.15) is 11.8 Å². The Morgan fingerprint density at radius 1 is 1.32 bits per heavy atom. The van der Waals surface area contributed by atoms with Crippen molar-refractivity contribution in [1.82, 2.24) is 10.6 Å². The maximum absolute atomic E-state index is 13.4. The van der Waals surface area contributed by atoms with Gasteiger partial charge in [0.2, 0.25) is 0 Å². The number of aliphatic imine (C=N–C) groups is 1. The van der Waals surface area contributed by atoms with Gasteiger partial charge in [-0.3, -0.25) is 4.99 Å². The van der Waals surface area contributed by atoms with Gasteiger partial charge in [0, 0.05) is 31.6 Å². The molecule has 1 aliphatic rings. The number of rotatable bonds is 6. The highest BCUT2D eigenvalue weighted by Crippen LogP contribution is 2.34. The predicted molar refractivity (Wildman–Crippen MR) is 100 cm³/mol. The average molecular weight is 371 g/mol. The highest BCUT2D eigenvalue weighted by atomic mass is 32.2. The third-order valence-corrected chi connectivity index (χ3v) is 5.91. The zero-order valence-corrected chi connectivity index (χ0v) is 15.9. The van der Waals surface area contributed by atoms with Crippen LogP contribution in [0.5, 0.6) is 0 Å². The van der Waals surface area contributed by atoms with Crippen molar-refractivity contribution in [2.45, 2.75) is 37.5 Å². The Morgan fingerprint density at radius 3 is 2.64 bits per heavy atom. The quantitative estimate of drug-likeness (QED) is 0.594. The standard InChI is InChI=1S/C18H27F2N3OS/c1-4-25-18(7-9-24-10-8-18)12-22-17(21-3)23-13(2)14-5-6-15(19)16(20)11-14/h5-6,11,13H,4,7-10,12H2,1-3H3,(H2,21,22,23). The fourth-order valence-electron chi connectivity index (χ4n) is 2.93. The van der Waals surface area contributed by atoms with Crippen molar-refractivity contribution >= 4 is 17.7 Å². The van der Waals surface area contributed by atoms with Crippen molar-refractivity contribution in [3.05, 3.63) is 35.4 Å². The normalized spacial score (nSPS) is 18.7. The Kier molecular flexibility index (Phi) is 7.50. The highest BCUT2D eigenvalue weighted by Gasteiger charge is 2.32. The number of thioether (sulfide) groups is 1. The van der Waals surface area contributed by atoms with Crippen molar-refractivity contribution in [3.8, 4) is 0 Å². The molecule has 0 spiro atoms. The lowest BCUT2D eigenvalue weighted by molar-refractivity contribution is 0.0782. The fraction of sp³-hybridized carbons (Fsp3) is 0.611. The maximum atomic E-state index is 13.4. The Morgan fingerprint density at radius 2 is 2.04 bits per heavy atom. The van der Waals surface area contributed by atoms with Crippen LogP contribution in [0.2, 0.25) is 0 Å². The Balaban J connectivity index is 1.96. The predicted octanol–water partition coefficient (Wildman–Crippen LogP) is 3.49. The van der Waals surface area contributed by atoms with Gasteiger partial charge in [-0.05, 0) is 43.2 Å². The molecule has 140 valence electrons. The van der Waals surface area contributed by atoms with E-state index in [9.17, 15) is 8.78 Å². The van der Waals surface area contributed by atoms with Crippen molar-refractivity contribution in [1.29, 1.82) is 0 Å². The molecule has 1 heterocycles. The Labute approximate surface area is 152 Å². The molecule has 1 unspecified atom stereocenters. The van der Waals surface area contributed by atoms with Gasteiger partial charge in [-0.25, -0.2) is 8.78 Å². The van der Waals surface area contributed by atoms with E-state index in [-0.39, 0.29) is 10.8 Å². The second-order valence-electron chi connectivity index (χ2n) is 6.19. The third-order valence-electron chi connectivity index (χ3n) is 4.45. The SMILES string of the molecule is CCSC1(CNC(=NC)NC(C)c2ccc(F)c(F)c2)CCOCC1. The third kappa shape index (κ3) is 5.57. The van der Waals surface area contributed by atoms with Crippen LogP contribution in [-0.4, -0.2) is 43.3 Å². The van der Waals surface area contributed by atoms with Crippen LogP contribution in [0.1, 0.15) is 38.3 Å². The summed E-state index contributed by atoms with van der Waals surface area (Å²) in [4.78, 5) is 4.26. The van der Waals surface area contributed by atoms with Crippen molar-refractivity contribution < 1.29 is 13.5 Å². The van der Waals surface area contributed by atoms with Crippen LogP contribution in [-0.2, 0) is 4.74 Å². The molecule has 0 aromatic heterocycles. The van der Waals surface area contributed by atoms with E-state index >= 15 is 0 Å². The number of ether oxygens (including phenoxy) is 1. The van der Waals surface area contributed by atoms with Gasteiger partial charge in [-0.15, -0.1) is 0 Å². The number of hydrogen-bond donors (Lipinski definition) is 2. The van der Waals surface area contributed by atoms with E-state index in [0.29, 0.717) is 11.5 Å². The molecule has 1 saturated heterocycles. The minimum Gasteiger partial charge on any atom is -0.381 e. The molecule has 0 amide bonds. The van der Waals surface area contributed by atoms with E-state index in [4.69, 9.17) is 4.74 Å². The average Bonchev–Trinajstić information content (AvgIpc) is 2.62. The molecule has 0 radical (unpaired) electrons. The molecule has 1 aromatic rings. The van der Waals surface area contributed by atoms with Gasteiger partial charge in [0.15, 0.2) is 17.6 Å². The molecular formula is C18H27F2N3OS. The first-order valence-electron chi connectivity index (χ1n) is 8.63. The zero-order valence-electron chi connectivity index (χ0n) is 15.1. The van der Waals surface area contributed by atoms with Crippen LogP contribution >= 0.6 is 11.8 Å². The number of benzene rings is 1. The lowest BCUT2D eigenvalue weighted by atomic mass is 9.99. The van der Waals surface area contributed by atoms with E-state index in [1.807, 2.05) is 18.7 Å². The number of hydrogen-bond acceptors (Lipinski definition) is 3. The van der Waals surface area contributed by atoms with Gasteiger partial charge in [0.25, 0.3) is 0 Å². The summed E-state index contributed by atoms with van der Waals surface area (Å²) in [6, 6.07) is 3.75. The van der Waals surface area contributed by atoms with E-state index in [1.54, 1.807) is 13.1 Å². The van der Waals surface area contributed by atoms with E-state index in [2.05, 4.69) is 22.5 Å². The summed E-state index contributed by atoms with van der Waals surface area (Å²) in [5, 5.41) is 6.62. The summed E-state index contributed by atoms with van der Waals surface area (Å²) < 4.78 is 32.2. The van der Waals surface area contributed by atoms with Crippen LogP contribution in [0.25, 0.3) is 0 Å². The second kappa shape index (κ2) is 9.38. The zero-order chi connectivity index (χ0) is 18.3.